The fourth-order valence-electron chi connectivity index (χ4n) is 6.07. The lowest BCUT2D eigenvalue weighted by Crippen LogP contribution is -2.52. The van der Waals surface area contributed by atoms with Crippen LogP contribution in [0.5, 0.6) is 5.75 Å². The second-order valence-electron chi connectivity index (χ2n) is 10.2. The quantitative estimate of drug-likeness (QED) is 0.643. The van der Waals surface area contributed by atoms with E-state index in [0.29, 0.717) is 5.92 Å². The van der Waals surface area contributed by atoms with E-state index in [0.717, 1.165) is 68.4 Å². The molecule has 2 aliphatic carbocycles. The van der Waals surface area contributed by atoms with E-state index < -0.39 is 6.36 Å². The van der Waals surface area contributed by atoms with E-state index in [1.165, 1.54) is 17.7 Å². The Morgan fingerprint density at radius 1 is 1.03 bits per heavy atom. The summed E-state index contributed by atoms with van der Waals surface area (Å²) in [5.41, 5.74) is 4.10. The van der Waals surface area contributed by atoms with Gasteiger partial charge in [-0.1, -0.05) is 30.3 Å². The zero-order chi connectivity index (χ0) is 23.5. The van der Waals surface area contributed by atoms with E-state index in [1.807, 2.05) is 12.1 Å². The number of piperidine rings is 3. The molecule has 1 amide bonds. The van der Waals surface area contributed by atoms with Crippen LogP contribution >= 0.6 is 0 Å². The Labute approximate surface area is 196 Å². The van der Waals surface area contributed by atoms with Gasteiger partial charge in [0.1, 0.15) is 11.9 Å². The van der Waals surface area contributed by atoms with Crippen LogP contribution in [-0.4, -0.2) is 43.1 Å². The Morgan fingerprint density at radius 2 is 1.74 bits per heavy atom. The molecule has 5 aliphatic rings. The molecule has 0 radical (unpaired) electrons. The van der Waals surface area contributed by atoms with Crippen molar-refractivity contribution in [3.05, 3.63) is 53.6 Å². The van der Waals surface area contributed by atoms with Gasteiger partial charge in [0.15, 0.2) is 0 Å². The summed E-state index contributed by atoms with van der Waals surface area (Å²) in [5, 5.41) is 3.18. The predicted octanol–water partition coefficient (Wildman–Crippen LogP) is 5.45. The number of carbonyl (C=O) groups excluding carboxylic acids is 1. The van der Waals surface area contributed by atoms with Gasteiger partial charge in [-0.25, -0.2) is 4.79 Å². The Bertz CT molecular complexity index is 1090. The molecule has 2 aromatic rings. The minimum absolute atomic E-state index is 0.0230. The molecule has 5 nitrogen and oxygen atoms in total. The van der Waals surface area contributed by atoms with Crippen molar-refractivity contribution < 1.29 is 27.4 Å². The lowest BCUT2D eigenvalue weighted by Gasteiger charge is -2.44. The number of benzene rings is 2. The normalized spacial score (nSPS) is 28.4. The zero-order valence-electron chi connectivity index (χ0n) is 18.7. The van der Waals surface area contributed by atoms with E-state index >= 15 is 0 Å². The van der Waals surface area contributed by atoms with Crippen LogP contribution in [-0.2, 0) is 11.2 Å². The van der Waals surface area contributed by atoms with Gasteiger partial charge in [0.2, 0.25) is 0 Å². The highest BCUT2D eigenvalue weighted by atomic mass is 19.4. The van der Waals surface area contributed by atoms with Crippen LogP contribution in [0.15, 0.2) is 42.5 Å². The smallest absolute Gasteiger partial charge is 0.445 e. The lowest BCUT2D eigenvalue weighted by molar-refractivity contribution is -0.274. The first-order chi connectivity index (χ1) is 16.3. The molecule has 1 saturated carbocycles. The molecule has 1 spiro atoms. The second-order valence-corrected chi connectivity index (χ2v) is 10.2. The summed E-state index contributed by atoms with van der Waals surface area (Å²) in [4.78, 5) is 15.2. The highest BCUT2D eigenvalue weighted by Crippen LogP contribution is 2.62. The zero-order valence-corrected chi connectivity index (χ0v) is 18.7. The molecule has 3 saturated heterocycles. The molecule has 1 unspecified atom stereocenters. The number of alkyl halides is 3. The van der Waals surface area contributed by atoms with Crippen molar-refractivity contribution in [3.8, 4) is 16.9 Å². The summed E-state index contributed by atoms with van der Waals surface area (Å²) in [7, 11) is 0. The standard InChI is InChI=1S/C26H27F3N2O3/c27-26(28,29)34-20-4-1-16(2-5-20)18-3-6-21-19(13-18)14-25(9-10-25)23(21)30-24(32)33-22-15-31-11-7-17(22)8-12-31/h1-6,13,17,22-23H,7-12,14-15H2,(H,30,32)/t22-,23?/m0/s1. The number of rotatable bonds is 4. The minimum atomic E-state index is -4.70. The third-order valence-corrected chi connectivity index (χ3v) is 8.04. The number of carbonyl (C=O) groups is 1. The molecule has 8 heteroatoms. The Hall–Kier alpha value is -2.74. The topological polar surface area (TPSA) is 50.8 Å². The largest absolute Gasteiger partial charge is 0.573 e. The Morgan fingerprint density at radius 3 is 2.35 bits per heavy atom. The monoisotopic (exact) mass is 472 g/mol. The predicted molar refractivity (Wildman–Crippen MR) is 119 cm³/mol. The summed E-state index contributed by atoms with van der Waals surface area (Å²) < 4.78 is 47.1. The molecule has 2 aromatic carbocycles. The first-order valence-corrected chi connectivity index (χ1v) is 12.0. The van der Waals surface area contributed by atoms with Crippen LogP contribution in [0, 0.1) is 11.3 Å². The molecule has 1 N–H and O–H groups in total. The molecule has 4 fully saturated rings. The van der Waals surface area contributed by atoms with Crippen molar-refractivity contribution in [1.29, 1.82) is 0 Å². The summed E-state index contributed by atoms with van der Waals surface area (Å²) in [5.74, 6) is 0.233. The van der Waals surface area contributed by atoms with Crippen LogP contribution in [0.1, 0.15) is 42.9 Å². The third kappa shape index (κ3) is 4.13. The molecule has 7 rings (SSSR count). The van der Waals surface area contributed by atoms with E-state index in [9.17, 15) is 18.0 Å². The number of nitrogens with one attached hydrogen (secondary N) is 1. The molecule has 34 heavy (non-hydrogen) atoms. The van der Waals surface area contributed by atoms with Crippen molar-refractivity contribution >= 4 is 6.09 Å². The molecule has 180 valence electrons. The van der Waals surface area contributed by atoms with Gasteiger partial charge in [-0.05, 0) is 90.9 Å². The van der Waals surface area contributed by atoms with Crippen molar-refractivity contribution in [2.75, 3.05) is 19.6 Å². The van der Waals surface area contributed by atoms with Crippen molar-refractivity contribution in [2.24, 2.45) is 11.3 Å². The number of nitrogens with zero attached hydrogens (tertiary/aromatic N) is 1. The van der Waals surface area contributed by atoms with Crippen LogP contribution < -0.4 is 10.1 Å². The first kappa shape index (κ1) is 21.8. The van der Waals surface area contributed by atoms with Gasteiger partial charge >= 0.3 is 12.5 Å². The molecule has 3 heterocycles. The first-order valence-electron chi connectivity index (χ1n) is 12.0. The number of alkyl carbamates (subject to hydrolysis) is 1. The van der Waals surface area contributed by atoms with Crippen molar-refractivity contribution in [3.63, 3.8) is 0 Å². The third-order valence-electron chi connectivity index (χ3n) is 8.04. The molecular weight excluding hydrogens is 445 g/mol. The Balaban J connectivity index is 1.16. The van der Waals surface area contributed by atoms with Gasteiger partial charge < -0.3 is 14.8 Å². The van der Waals surface area contributed by atoms with Crippen LogP contribution in [0.4, 0.5) is 18.0 Å². The van der Waals surface area contributed by atoms with Gasteiger partial charge in [-0.2, -0.15) is 0 Å². The Kier molecular flexibility index (Phi) is 5.06. The van der Waals surface area contributed by atoms with Gasteiger partial charge in [-0.15, -0.1) is 13.2 Å². The average Bonchev–Trinajstić information content (AvgIpc) is 3.51. The van der Waals surface area contributed by atoms with Crippen LogP contribution in [0.25, 0.3) is 11.1 Å². The van der Waals surface area contributed by atoms with Gasteiger partial charge in [0.25, 0.3) is 0 Å². The van der Waals surface area contributed by atoms with Crippen molar-refractivity contribution in [2.45, 2.75) is 50.6 Å². The van der Waals surface area contributed by atoms with Gasteiger partial charge in [-0.3, -0.25) is 4.90 Å². The summed E-state index contributed by atoms with van der Waals surface area (Å²) in [6, 6.07) is 11.9. The fraction of sp³-hybridized carbons (Fsp3) is 0.500. The van der Waals surface area contributed by atoms with E-state index in [-0.39, 0.29) is 29.4 Å². The molecule has 2 atom stereocenters. The van der Waals surface area contributed by atoms with Crippen molar-refractivity contribution in [1.82, 2.24) is 10.2 Å². The van der Waals surface area contributed by atoms with E-state index in [4.69, 9.17) is 4.74 Å². The van der Waals surface area contributed by atoms with Crippen LogP contribution in [0.2, 0.25) is 0 Å². The summed E-state index contributed by atoms with van der Waals surface area (Å²) >= 11 is 0. The maximum Gasteiger partial charge on any atom is 0.573 e. The van der Waals surface area contributed by atoms with Crippen LogP contribution in [0.3, 0.4) is 0 Å². The highest BCUT2D eigenvalue weighted by molar-refractivity contribution is 5.71. The number of ether oxygens (including phenoxy) is 2. The van der Waals surface area contributed by atoms with E-state index in [2.05, 4.69) is 21.0 Å². The number of hydrogen-bond donors (Lipinski definition) is 1. The number of hydrogen-bond acceptors (Lipinski definition) is 4. The fourth-order valence-corrected chi connectivity index (χ4v) is 6.07. The number of fused-ring (bicyclic) bond motifs is 4. The van der Waals surface area contributed by atoms with E-state index in [1.54, 1.807) is 12.1 Å². The lowest BCUT2D eigenvalue weighted by atomic mass is 9.86. The molecule has 2 bridgehead atoms. The van der Waals surface area contributed by atoms with Gasteiger partial charge in [0.05, 0.1) is 6.04 Å². The SMILES string of the molecule is O=C(NC1c2ccc(-c3ccc(OC(F)(F)F)cc3)cc2CC12CC2)O[C@H]1CN2CCC1CC2. The number of halogens is 3. The van der Waals surface area contributed by atoms with Gasteiger partial charge in [0, 0.05) is 6.54 Å². The minimum Gasteiger partial charge on any atom is -0.445 e. The second kappa shape index (κ2) is 7.90. The number of amides is 1. The molecule has 0 aromatic heterocycles. The molecule has 3 aliphatic heterocycles. The molecular formula is C26H27F3N2O3. The highest BCUT2D eigenvalue weighted by Gasteiger charge is 2.55. The summed E-state index contributed by atoms with van der Waals surface area (Å²) in [6.07, 6.45) is 0.149. The maximum absolute atomic E-state index is 12.8. The average molecular weight is 473 g/mol. The summed E-state index contributed by atoms with van der Waals surface area (Å²) in [6.45, 7) is 3.04. The maximum atomic E-state index is 12.8.